The molecule has 3 rings (SSSR count). The molecule has 1 amide bonds. The lowest BCUT2D eigenvalue weighted by atomic mass is 9.74. The third-order valence-electron chi connectivity index (χ3n) is 4.93. The Balaban J connectivity index is 1.97. The molecule has 1 heterocycles. The van der Waals surface area contributed by atoms with E-state index in [0.29, 0.717) is 11.8 Å². The van der Waals surface area contributed by atoms with Crippen molar-refractivity contribution in [3.05, 3.63) is 29.3 Å². The van der Waals surface area contributed by atoms with E-state index in [0.717, 1.165) is 12.1 Å². The zero-order valence-electron chi connectivity index (χ0n) is 12.2. The topological polar surface area (TPSA) is 55.1 Å². The molecule has 1 aliphatic heterocycles. The average Bonchev–Trinajstić information content (AvgIpc) is 2.57. The second kappa shape index (κ2) is 5.57. The fourth-order valence-electron chi connectivity index (χ4n) is 3.82. The van der Waals surface area contributed by atoms with Gasteiger partial charge in [-0.1, -0.05) is 31.4 Å². The normalized spacial score (nSPS) is 27.6. The van der Waals surface area contributed by atoms with Crippen molar-refractivity contribution in [1.29, 1.82) is 0 Å². The van der Waals surface area contributed by atoms with Crippen LogP contribution in [-0.4, -0.2) is 11.9 Å². The van der Waals surface area contributed by atoms with Crippen LogP contribution in [0.3, 0.4) is 0 Å². The molecule has 3 nitrogen and oxygen atoms in total. The SMILES string of the molecule is Cc1ccc2c(c1)NC(=O)[C@H](N)C[C@@H]2C1CCCCC1. The molecule has 1 aromatic rings. The van der Waals surface area contributed by atoms with Crippen molar-refractivity contribution >= 4 is 11.6 Å². The molecule has 3 N–H and O–H groups in total. The van der Waals surface area contributed by atoms with Crippen LogP contribution in [0.1, 0.15) is 55.6 Å². The first-order valence-electron chi connectivity index (χ1n) is 7.82. The quantitative estimate of drug-likeness (QED) is 0.824. The van der Waals surface area contributed by atoms with Crippen molar-refractivity contribution < 1.29 is 4.79 Å². The standard InChI is InChI=1S/C17H24N2O/c1-11-7-8-13-14(12-5-3-2-4-6-12)10-15(18)17(20)19-16(13)9-11/h7-9,12,14-15H,2-6,10,18H2,1H3,(H,19,20)/t14-,15-/m1/s1. The van der Waals surface area contributed by atoms with Gasteiger partial charge >= 0.3 is 0 Å². The zero-order valence-corrected chi connectivity index (χ0v) is 12.2. The number of aryl methyl sites for hydroxylation is 1. The number of rotatable bonds is 1. The molecule has 2 atom stereocenters. The molecule has 20 heavy (non-hydrogen) atoms. The molecule has 2 aliphatic rings. The van der Waals surface area contributed by atoms with E-state index < -0.39 is 0 Å². The van der Waals surface area contributed by atoms with Crippen LogP contribution in [0, 0.1) is 12.8 Å². The summed E-state index contributed by atoms with van der Waals surface area (Å²) < 4.78 is 0. The summed E-state index contributed by atoms with van der Waals surface area (Å²) >= 11 is 0. The first kappa shape index (κ1) is 13.6. The number of carbonyl (C=O) groups is 1. The maximum absolute atomic E-state index is 12.1. The highest BCUT2D eigenvalue weighted by molar-refractivity contribution is 5.96. The van der Waals surface area contributed by atoms with E-state index in [-0.39, 0.29) is 11.9 Å². The minimum absolute atomic E-state index is 0.0323. The second-order valence-corrected chi connectivity index (χ2v) is 6.43. The van der Waals surface area contributed by atoms with Gasteiger partial charge in [-0.15, -0.1) is 0 Å². The molecule has 0 radical (unpaired) electrons. The predicted octanol–water partition coefficient (Wildman–Crippen LogP) is 3.33. The van der Waals surface area contributed by atoms with E-state index in [1.54, 1.807) is 0 Å². The Morgan fingerprint density at radius 3 is 2.70 bits per heavy atom. The number of hydrogen-bond donors (Lipinski definition) is 2. The summed E-state index contributed by atoms with van der Waals surface area (Å²) in [4.78, 5) is 12.1. The third-order valence-corrected chi connectivity index (χ3v) is 4.93. The Labute approximate surface area is 120 Å². The Bertz CT molecular complexity index is 506. The van der Waals surface area contributed by atoms with Gasteiger partial charge in [0, 0.05) is 5.69 Å². The number of nitrogens with two attached hydrogens (primary N) is 1. The second-order valence-electron chi connectivity index (χ2n) is 6.43. The smallest absolute Gasteiger partial charge is 0.241 e. The summed E-state index contributed by atoms with van der Waals surface area (Å²) in [6, 6.07) is 6.05. The van der Waals surface area contributed by atoms with Crippen LogP contribution in [-0.2, 0) is 4.79 Å². The molecule has 0 spiro atoms. The molecule has 3 heteroatoms. The molecule has 108 valence electrons. The highest BCUT2D eigenvalue weighted by Crippen LogP contribution is 2.42. The van der Waals surface area contributed by atoms with Gasteiger partial charge in [-0.2, -0.15) is 0 Å². The molecule has 1 aromatic carbocycles. The van der Waals surface area contributed by atoms with Gasteiger partial charge in [0.25, 0.3) is 0 Å². The van der Waals surface area contributed by atoms with Gasteiger partial charge in [0.1, 0.15) is 0 Å². The lowest BCUT2D eigenvalue weighted by Gasteiger charge is -2.31. The molecular weight excluding hydrogens is 248 g/mol. The van der Waals surface area contributed by atoms with Gasteiger partial charge in [0.05, 0.1) is 6.04 Å². The minimum Gasteiger partial charge on any atom is -0.324 e. The Kier molecular flexibility index (Phi) is 3.79. The molecule has 0 bridgehead atoms. The fourth-order valence-corrected chi connectivity index (χ4v) is 3.82. The fraction of sp³-hybridized carbons (Fsp3) is 0.588. The molecular formula is C17H24N2O. The van der Waals surface area contributed by atoms with Crippen LogP contribution in [0.2, 0.25) is 0 Å². The molecule has 0 aromatic heterocycles. The van der Waals surface area contributed by atoms with Crippen molar-refractivity contribution in [3.63, 3.8) is 0 Å². The van der Waals surface area contributed by atoms with Gasteiger partial charge in [-0.3, -0.25) is 4.79 Å². The van der Waals surface area contributed by atoms with Crippen molar-refractivity contribution in [2.45, 2.75) is 57.4 Å². The van der Waals surface area contributed by atoms with E-state index in [1.807, 2.05) is 0 Å². The number of hydrogen-bond acceptors (Lipinski definition) is 2. The lowest BCUT2D eigenvalue weighted by Crippen LogP contribution is -2.35. The lowest BCUT2D eigenvalue weighted by molar-refractivity contribution is -0.117. The van der Waals surface area contributed by atoms with Crippen LogP contribution in [0.4, 0.5) is 5.69 Å². The van der Waals surface area contributed by atoms with Gasteiger partial charge in [-0.25, -0.2) is 0 Å². The summed E-state index contributed by atoms with van der Waals surface area (Å²) in [7, 11) is 0. The number of anilines is 1. The van der Waals surface area contributed by atoms with Gasteiger partial charge in [0.2, 0.25) is 5.91 Å². The van der Waals surface area contributed by atoms with E-state index in [4.69, 9.17) is 5.73 Å². The van der Waals surface area contributed by atoms with Gasteiger partial charge in [-0.05, 0) is 55.2 Å². The molecule has 0 saturated heterocycles. The summed E-state index contributed by atoms with van der Waals surface area (Å²) in [6.45, 7) is 2.06. The van der Waals surface area contributed by atoms with Crippen LogP contribution in [0.15, 0.2) is 18.2 Å². The largest absolute Gasteiger partial charge is 0.324 e. The average molecular weight is 272 g/mol. The van der Waals surface area contributed by atoms with E-state index in [1.165, 1.54) is 43.2 Å². The first-order chi connectivity index (χ1) is 9.65. The van der Waals surface area contributed by atoms with Gasteiger partial charge < -0.3 is 11.1 Å². The Hall–Kier alpha value is -1.35. The molecule has 1 fully saturated rings. The Morgan fingerprint density at radius 2 is 1.95 bits per heavy atom. The molecule has 1 aliphatic carbocycles. The van der Waals surface area contributed by atoms with E-state index >= 15 is 0 Å². The van der Waals surface area contributed by atoms with Crippen LogP contribution in [0.5, 0.6) is 0 Å². The highest BCUT2D eigenvalue weighted by Gasteiger charge is 2.33. The number of nitrogens with one attached hydrogen (secondary N) is 1. The highest BCUT2D eigenvalue weighted by atomic mass is 16.2. The maximum Gasteiger partial charge on any atom is 0.241 e. The third kappa shape index (κ3) is 2.59. The molecule has 1 saturated carbocycles. The Morgan fingerprint density at radius 1 is 1.20 bits per heavy atom. The minimum atomic E-state index is -0.380. The summed E-state index contributed by atoms with van der Waals surface area (Å²) in [5.41, 5.74) is 9.54. The van der Waals surface area contributed by atoms with Gasteiger partial charge in [0.15, 0.2) is 0 Å². The van der Waals surface area contributed by atoms with Crippen molar-refractivity contribution in [2.75, 3.05) is 5.32 Å². The van der Waals surface area contributed by atoms with Crippen molar-refractivity contribution in [2.24, 2.45) is 11.7 Å². The monoisotopic (exact) mass is 272 g/mol. The van der Waals surface area contributed by atoms with Crippen molar-refractivity contribution in [3.8, 4) is 0 Å². The van der Waals surface area contributed by atoms with E-state index in [2.05, 4.69) is 30.4 Å². The summed E-state index contributed by atoms with van der Waals surface area (Å²) in [5, 5.41) is 3.02. The van der Waals surface area contributed by atoms with Crippen molar-refractivity contribution in [1.82, 2.24) is 0 Å². The number of amides is 1. The predicted molar refractivity (Wildman–Crippen MR) is 81.7 cm³/mol. The van der Waals surface area contributed by atoms with E-state index in [9.17, 15) is 4.79 Å². The zero-order chi connectivity index (χ0) is 14.1. The van der Waals surface area contributed by atoms with Crippen LogP contribution in [0.25, 0.3) is 0 Å². The number of fused-ring (bicyclic) bond motifs is 1. The summed E-state index contributed by atoms with van der Waals surface area (Å²) in [6.07, 6.45) is 7.33. The van der Waals surface area contributed by atoms with Crippen LogP contribution < -0.4 is 11.1 Å². The number of benzene rings is 1. The molecule has 0 unspecified atom stereocenters. The number of carbonyl (C=O) groups excluding carboxylic acids is 1. The maximum atomic E-state index is 12.1. The first-order valence-corrected chi connectivity index (χ1v) is 7.82. The summed E-state index contributed by atoms with van der Waals surface area (Å²) in [5.74, 6) is 1.08. The van der Waals surface area contributed by atoms with Crippen LogP contribution >= 0.6 is 0 Å².